The molecule has 5 heteroatoms. The van der Waals surface area contributed by atoms with Gasteiger partial charge in [0.15, 0.2) is 0 Å². The summed E-state index contributed by atoms with van der Waals surface area (Å²) in [7, 11) is 0. The van der Waals surface area contributed by atoms with Crippen molar-refractivity contribution >= 4 is 22.9 Å². The standard InChI is InChI=1S/C11H17ClN2OS/c1-8-9(2)16-11(13-8)6-14-3-4-15-7-10(14)5-12/h10H,3-7H2,1-2H3. The van der Waals surface area contributed by atoms with E-state index >= 15 is 0 Å². The molecule has 0 saturated carbocycles. The zero-order chi connectivity index (χ0) is 11.5. The van der Waals surface area contributed by atoms with E-state index in [0.29, 0.717) is 11.9 Å². The zero-order valence-corrected chi connectivity index (χ0v) is 11.3. The molecule has 0 amide bonds. The van der Waals surface area contributed by atoms with Crippen LogP contribution >= 0.6 is 22.9 Å². The Bertz CT molecular complexity index is 336. The van der Waals surface area contributed by atoms with Crippen LogP contribution in [0.2, 0.25) is 0 Å². The van der Waals surface area contributed by atoms with Crippen molar-refractivity contribution in [3.63, 3.8) is 0 Å². The first-order valence-electron chi connectivity index (χ1n) is 5.51. The molecular formula is C11H17ClN2OS. The van der Waals surface area contributed by atoms with E-state index in [4.69, 9.17) is 16.3 Å². The largest absolute Gasteiger partial charge is 0.378 e. The van der Waals surface area contributed by atoms with Crippen LogP contribution in [0.1, 0.15) is 15.6 Å². The van der Waals surface area contributed by atoms with Crippen molar-refractivity contribution in [2.75, 3.05) is 25.6 Å². The minimum Gasteiger partial charge on any atom is -0.378 e. The lowest BCUT2D eigenvalue weighted by atomic mass is 10.2. The molecule has 2 rings (SSSR count). The highest BCUT2D eigenvalue weighted by Crippen LogP contribution is 2.20. The molecule has 1 aliphatic heterocycles. The quantitative estimate of drug-likeness (QED) is 0.779. The van der Waals surface area contributed by atoms with Gasteiger partial charge in [-0.15, -0.1) is 22.9 Å². The van der Waals surface area contributed by atoms with E-state index < -0.39 is 0 Å². The normalized spacial score (nSPS) is 22.6. The molecule has 0 N–H and O–H groups in total. The fourth-order valence-electron chi connectivity index (χ4n) is 1.82. The van der Waals surface area contributed by atoms with E-state index in [0.717, 1.165) is 32.0 Å². The Balaban J connectivity index is 2.02. The third-order valence-electron chi connectivity index (χ3n) is 2.94. The van der Waals surface area contributed by atoms with Crippen LogP contribution in [-0.4, -0.2) is 41.6 Å². The average Bonchev–Trinajstić information content (AvgIpc) is 2.59. The summed E-state index contributed by atoms with van der Waals surface area (Å²) in [6.07, 6.45) is 0. The minimum absolute atomic E-state index is 0.333. The molecule has 0 radical (unpaired) electrons. The van der Waals surface area contributed by atoms with Crippen LogP contribution in [0, 0.1) is 13.8 Å². The van der Waals surface area contributed by atoms with Crippen LogP contribution in [-0.2, 0) is 11.3 Å². The molecule has 1 aromatic heterocycles. The van der Waals surface area contributed by atoms with E-state index in [9.17, 15) is 0 Å². The molecule has 0 aliphatic carbocycles. The summed E-state index contributed by atoms with van der Waals surface area (Å²) in [6, 6.07) is 0.333. The van der Waals surface area contributed by atoms with Crippen molar-refractivity contribution in [1.82, 2.24) is 9.88 Å². The highest BCUT2D eigenvalue weighted by atomic mass is 35.5. The second-order valence-corrected chi connectivity index (χ2v) is 5.70. The van der Waals surface area contributed by atoms with Crippen molar-refractivity contribution in [2.45, 2.75) is 26.4 Å². The SMILES string of the molecule is Cc1nc(CN2CCOCC2CCl)sc1C. The van der Waals surface area contributed by atoms with E-state index in [-0.39, 0.29) is 0 Å². The predicted molar refractivity (Wildman–Crippen MR) is 67.3 cm³/mol. The number of alkyl halides is 1. The molecule has 1 unspecified atom stereocenters. The molecule has 0 bridgehead atoms. The van der Waals surface area contributed by atoms with Gasteiger partial charge < -0.3 is 4.74 Å². The lowest BCUT2D eigenvalue weighted by Gasteiger charge is -2.33. The van der Waals surface area contributed by atoms with Crippen LogP contribution in [0.5, 0.6) is 0 Å². The first-order chi connectivity index (χ1) is 7.70. The number of morpholine rings is 1. The molecule has 3 nitrogen and oxygen atoms in total. The van der Waals surface area contributed by atoms with Gasteiger partial charge in [0.2, 0.25) is 0 Å². The Labute approximate surface area is 105 Å². The molecule has 0 spiro atoms. The summed E-state index contributed by atoms with van der Waals surface area (Å²) < 4.78 is 5.43. The van der Waals surface area contributed by atoms with Crippen molar-refractivity contribution in [3.05, 3.63) is 15.6 Å². The Hall–Kier alpha value is -0.160. The molecule has 2 heterocycles. The average molecular weight is 261 g/mol. The second kappa shape index (κ2) is 5.45. The fourth-order valence-corrected chi connectivity index (χ4v) is 3.06. The van der Waals surface area contributed by atoms with Gasteiger partial charge in [-0.2, -0.15) is 0 Å². The first kappa shape index (κ1) is 12.3. The van der Waals surface area contributed by atoms with E-state index in [1.807, 2.05) is 0 Å². The van der Waals surface area contributed by atoms with Crippen LogP contribution in [0.3, 0.4) is 0 Å². The molecule has 16 heavy (non-hydrogen) atoms. The Kier molecular flexibility index (Phi) is 4.19. The number of rotatable bonds is 3. The molecule has 1 atom stereocenters. The first-order valence-corrected chi connectivity index (χ1v) is 6.86. The predicted octanol–water partition coefficient (Wildman–Crippen LogP) is 2.20. The number of ether oxygens (including phenoxy) is 1. The number of halogens is 1. The van der Waals surface area contributed by atoms with Crippen LogP contribution < -0.4 is 0 Å². The van der Waals surface area contributed by atoms with Gasteiger partial charge in [0.05, 0.1) is 25.5 Å². The summed E-state index contributed by atoms with van der Waals surface area (Å²) >= 11 is 7.72. The second-order valence-electron chi connectivity index (χ2n) is 4.10. The summed E-state index contributed by atoms with van der Waals surface area (Å²) in [4.78, 5) is 8.25. The van der Waals surface area contributed by atoms with Gasteiger partial charge in [0, 0.05) is 23.3 Å². The van der Waals surface area contributed by atoms with Gasteiger partial charge >= 0.3 is 0 Å². The molecule has 1 fully saturated rings. The summed E-state index contributed by atoms with van der Waals surface area (Å²) in [5.74, 6) is 0.628. The minimum atomic E-state index is 0.333. The van der Waals surface area contributed by atoms with E-state index in [1.54, 1.807) is 11.3 Å². The van der Waals surface area contributed by atoms with Gasteiger partial charge in [-0.3, -0.25) is 4.90 Å². The number of aromatic nitrogens is 1. The van der Waals surface area contributed by atoms with Gasteiger partial charge in [0.1, 0.15) is 5.01 Å². The lowest BCUT2D eigenvalue weighted by molar-refractivity contribution is -0.00307. The number of thiazole rings is 1. The molecule has 1 aromatic rings. The van der Waals surface area contributed by atoms with Gasteiger partial charge in [-0.05, 0) is 13.8 Å². The summed E-state index contributed by atoms with van der Waals surface area (Å²) in [5, 5.41) is 1.19. The maximum Gasteiger partial charge on any atom is 0.107 e. The smallest absolute Gasteiger partial charge is 0.107 e. The number of aryl methyl sites for hydroxylation is 2. The van der Waals surface area contributed by atoms with Gasteiger partial charge in [-0.1, -0.05) is 0 Å². The van der Waals surface area contributed by atoms with E-state index in [1.165, 1.54) is 9.88 Å². The van der Waals surface area contributed by atoms with Gasteiger partial charge in [0.25, 0.3) is 0 Å². The molecule has 1 aliphatic rings. The van der Waals surface area contributed by atoms with Crippen molar-refractivity contribution < 1.29 is 4.74 Å². The number of nitrogens with zero attached hydrogens (tertiary/aromatic N) is 2. The fraction of sp³-hybridized carbons (Fsp3) is 0.727. The van der Waals surface area contributed by atoms with Crippen LogP contribution in [0.4, 0.5) is 0 Å². The zero-order valence-electron chi connectivity index (χ0n) is 9.70. The van der Waals surface area contributed by atoms with Crippen molar-refractivity contribution in [1.29, 1.82) is 0 Å². The van der Waals surface area contributed by atoms with Crippen molar-refractivity contribution in [3.8, 4) is 0 Å². The maximum absolute atomic E-state index is 5.94. The third-order valence-corrected chi connectivity index (χ3v) is 4.35. The molecule has 1 saturated heterocycles. The number of hydrogen-bond acceptors (Lipinski definition) is 4. The Morgan fingerprint density at radius 3 is 3.00 bits per heavy atom. The van der Waals surface area contributed by atoms with Crippen LogP contribution in [0.25, 0.3) is 0 Å². The summed E-state index contributed by atoms with van der Waals surface area (Å²) in [6.45, 7) is 7.58. The lowest BCUT2D eigenvalue weighted by Crippen LogP contribution is -2.45. The molecular weight excluding hydrogens is 244 g/mol. The van der Waals surface area contributed by atoms with E-state index in [2.05, 4.69) is 23.7 Å². The summed E-state index contributed by atoms with van der Waals surface area (Å²) in [5.41, 5.74) is 1.15. The monoisotopic (exact) mass is 260 g/mol. The molecule has 0 aromatic carbocycles. The van der Waals surface area contributed by atoms with Gasteiger partial charge in [-0.25, -0.2) is 4.98 Å². The highest BCUT2D eigenvalue weighted by Gasteiger charge is 2.23. The van der Waals surface area contributed by atoms with Crippen LogP contribution in [0.15, 0.2) is 0 Å². The maximum atomic E-state index is 5.94. The molecule has 90 valence electrons. The topological polar surface area (TPSA) is 25.4 Å². The Morgan fingerprint density at radius 2 is 2.38 bits per heavy atom. The highest BCUT2D eigenvalue weighted by molar-refractivity contribution is 7.11. The Morgan fingerprint density at radius 1 is 1.56 bits per heavy atom. The number of hydrogen-bond donors (Lipinski definition) is 0. The van der Waals surface area contributed by atoms with Crippen molar-refractivity contribution in [2.24, 2.45) is 0 Å². The third kappa shape index (κ3) is 2.74.